The molecule has 1 radical (unpaired) electrons. The van der Waals surface area contributed by atoms with Crippen molar-refractivity contribution in [1.82, 2.24) is 0 Å². The molecule has 0 atom stereocenters. The molecule has 0 unspecified atom stereocenters. The molecule has 0 rings (SSSR count). The van der Waals surface area contributed by atoms with Gasteiger partial charge >= 0.3 is 0 Å². The van der Waals surface area contributed by atoms with Crippen molar-refractivity contribution >= 4 is 10.1 Å². The first-order valence-corrected chi connectivity index (χ1v) is 6.54. The summed E-state index contributed by atoms with van der Waals surface area (Å²) in [6.45, 7) is 9.46. The van der Waals surface area contributed by atoms with Crippen LogP contribution in [0.3, 0.4) is 0 Å². The van der Waals surface area contributed by atoms with Gasteiger partial charge in [-0.1, -0.05) is 52.2 Å². The summed E-state index contributed by atoms with van der Waals surface area (Å²) in [5, 5.41) is 0. The highest BCUT2D eigenvalue weighted by molar-refractivity contribution is 7.85. The van der Waals surface area contributed by atoms with Crippen molar-refractivity contribution in [3.05, 3.63) is 12.7 Å². The van der Waals surface area contributed by atoms with E-state index < -0.39 is 10.1 Å². The zero-order valence-corrected chi connectivity index (χ0v) is 10.5. The Morgan fingerprint density at radius 1 is 1.21 bits per heavy atom. The SMILES string of the molecule is C=[C]C.CCCCCC.CS(=O)(=O)O. The summed E-state index contributed by atoms with van der Waals surface area (Å²) in [4.78, 5) is 0. The molecule has 87 valence electrons. The molecule has 1 N–H and O–H groups in total. The normalized spacial score (nSPS) is 8.93. The van der Waals surface area contributed by atoms with Crippen LogP contribution in [0.1, 0.15) is 46.5 Å². The lowest BCUT2D eigenvalue weighted by Gasteiger charge is -1.86. The largest absolute Gasteiger partial charge is 0.286 e. The van der Waals surface area contributed by atoms with Gasteiger partial charge in [0.2, 0.25) is 0 Å². The molecule has 0 spiro atoms. The van der Waals surface area contributed by atoms with Crippen LogP contribution in [0.4, 0.5) is 0 Å². The zero-order chi connectivity index (χ0) is 12.0. The van der Waals surface area contributed by atoms with Crippen LogP contribution in [0.5, 0.6) is 0 Å². The van der Waals surface area contributed by atoms with Crippen molar-refractivity contribution in [3.8, 4) is 0 Å². The van der Waals surface area contributed by atoms with Crippen LogP contribution in [0.15, 0.2) is 6.58 Å². The number of allylic oxidation sites excluding steroid dienone is 1. The zero-order valence-electron chi connectivity index (χ0n) is 9.71. The topological polar surface area (TPSA) is 54.4 Å². The number of hydrogen-bond donors (Lipinski definition) is 1. The van der Waals surface area contributed by atoms with E-state index in [0.29, 0.717) is 6.26 Å². The van der Waals surface area contributed by atoms with Gasteiger partial charge in [0.1, 0.15) is 0 Å². The van der Waals surface area contributed by atoms with Crippen molar-refractivity contribution in [1.29, 1.82) is 0 Å². The minimum absolute atomic E-state index is 0.715. The lowest BCUT2D eigenvalue weighted by atomic mass is 10.2. The quantitative estimate of drug-likeness (QED) is 0.591. The Hall–Kier alpha value is -0.350. The first-order chi connectivity index (χ1) is 6.33. The van der Waals surface area contributed by atoms with E-state index in [0.717, 1.165) is 0 Å². The molecule has 0 aromatic rings. The summed E-state index contributed by atoms with van der Waals surface area (Å²) < 4.78 is 25.9. The van der Waals surface area contributed by atoms with E-state index in [9.17, 15) is 8.42 Å². The second kappa shape index (κ2) is 15.1. The Morgan fingerprint density at radius 2 is 1.36 bits per heavy atom. The van der Waals surface area contributed by atoms with E-state index in [-0.39, 0.29) is 0 Å². The Morgan fingerprint density at radius 3 is 1.43 bits per heavy atom. The highest BCUT2D eigenvalue weighted by atomic mass is 32.2. The van der Waals surface area contributed by atoms with Gasteiger partial charge in [-0.2, -0.15) is 8.42 Å². The van der Waals surface area contributed by atoms with Gasteiger partial charge in [-0.15, -0.1) is 0 Å². The third-order valence-corrected chi connectivity index (χ3v) is 0.957. The number of unbranched alkanes of at least 4 members (excludes halogenated alkanes) is 3. The highest BCUT2D eigenvalue weighted by Gasteiger charge is 1.81. The van der Waals surface area contributed by atoms with Crippen molar-refractivity contribution in [2.75, 3.05) is 6.26 Å². The van der Waals surface area contributed by atoms with Gasteiger partial charge in [0, 0.05) is 0 Å². The monoisotopic (exact) mass is 223 g/mol. The fourth-order valence-electron chi connectivity index (χ4n) is 0.500. The Bertz CT molecular complexity index is 172. The number of rotatable bonds is 3. The minimum atomic E-state index is -3.67. The van der Waals surface area contributed by atoms with Gasteiger partial charge in [-0.3, -0.25) is 4.55 Å². The first kappa shape index (κ1) is 19.3. The molecule has 0 aromatic heterocycles. The van der Waals surface area contributed by atoms with E-state index in [1.165, 1.54) is 25.7 Å². The molecule has 0 saturated carbocycles. The fraction of sp³-hybridized carbons (Fsp3) is 0.800. The van der Waals surface area contributed by atoms with Crippen LogP contribution < -0.4 is 0 Å². The lowest BCUT2D eigenvalue weighted by molar-refractivity contribution is 0.490. The summed E-state index contributed by atoms with van der Waals surface area (Å²) in [6, 6.07) is 0. The van der Waals surface area contributed by atoms with E-state index >= 15 is 0 Å². The maximum absolute atomic E-state index is 9.19. The fourth-order valence-corrected chi connectivity index (χ4v) is 0.500. The van der Waals surface area contributed by atoms with Gasteiger partial charge in [0.05, 0.1) is 6.26 Å². The average Bonchev–Trinajstić information content (AvgIpc) is 1.99. The van der Waals surface area contributed by atoms with E-state index in [1.54, 1.807) is 6.92 Å². The van der Waals surface area contributed by atoms with Gasteiger partial charge in [-0.25, -0.2) is 0 Å². The summed E-state index contributed by atoms with van der Waals surface area (Å²) in [5.74, 6) is 0. The molecule has 0 bridgehead atoms. The van der Waals surface area contributed by atoms with E-state index in [4.69, 9.17) is 4.55 Å². The van der Waals surface area contributed by atoms with Gasteiger partial charge in [-0.05, 0) is 6.92 Å². The summed E-state index contributed by atoms with van der Waals surface area (Å²) in [6.07, 6.45) is 8.75. The molecule has 0 aliphatic carbocycles. The van der Waals surface area contributed by atoms with Crippen molar-refractivity contribution in [2.45, 2.75) is 46.5 Å². The maximum atomic E-state index is 9.19. The van der Waals surface area contributed by atoms with Gasteiger partial charge < -0.3 is 0 Å². The van der Waals surface area contributed by atoms with Gasteiger partial charge in [0.15, 0.2) is 0 Å². The van der Waals surface area contributed by atoms with Gasteiger partial charge in [0.25, 0.3) is 10.1 Å². The van der Waals surface area contributed by atoms with Crippen molar-refractivity contribution in [2.24, 2.45) is 0 Å². The molecule has 0 heterocycles. The third kappa shape index (κ3) is 188. The molecule has 0 aromatic carbocycles. The van der Waals surface area contributed by atoms with Crippen LogP contribution in [0, 0.1) is 6.08 Å². The maximum Gasteiger partial charge on any atom is 0.261 e. The summed E-state index contributed by atoms with van der Waals surface area (Å²) >= 11 is 0. The first-order valence-electron chi connectivity index (χ1n) is 4.69. The van der Waals surface area contributed by atoms with Crippen LogP contribution in [-0.4, -0.2) is 19.2 Å². The molecule has 0 amide bonds. The standard InChI is InChI=1S/C6H14.C3H5.CH4O3S/c1-3-5-6-4-2;1-3-2;1-5(2,3)4/h3-6H2,1-2H3;1H2,2H3;1H3,(H,2,3,4). The second-order valence-corrected chi connectivity index (χ2v) is 4.26. The number of hydrogen-bond acceptors (Lipinski definition) is 2. The Kier molecular flexibility index (Phi) is 20.8. The molecule has 14 heavy (non-hydrogen) atoms. The van der Waals surface area contributed by atoms with E-state index in [2.05, 4.69) is 26.5 Å². The van der Waals surface area contributed by atoms with Crippen LogP contribution in [-0.2, 0) is 10.1 Å². The smallest absolute Gasteiger partial charge is 0.261 e. The molecule has 0 fully saturated rings. The molecule has 0 aliphatic rings. The third-order valence-electron chi connectivity index (χ3n) is 0.957. The molecule has 0 saturated heterocycles. The van der Waals surface area contributed by atoms with Crippen LogP contribution in [0.2, 0.25) is 0 Å². The van der Waals surface area contributed by atoms with E-state index in [1.807, 2.05) is 0 Å². The van der Waals surface area contributed by atoms with Crippen molar-refractivity contribution in [3.63, 3.8) is 0 Å². The Labute approximate surface area is 89.0 Å². The predicted octanol–water partition coefficient (Wildman–Crippen LogP) is 3.09. The molecular weight excluding hydrogens is 200 g/mol. The van der Waals surface area contributed by atoms with Crippen LogP contribution in [0.25, 0.3) is 0 Å². The molecule has 3 nitrogen and oxygen atoms in total. The van der Waals surface area contributed by atoms with Crippen molar-refractivity contribution < 1.29 is 13.0 Å². The summed E-state index contributed by atoms with van der Waals surface area (Å²) in [5.41, 5.74) is 0. The second-order valence-electron chi connectivity index (χ2n) is 2.79. The molecule has 4 heteroatoms. The minimum Gasteiger partial charge on any atom is -0.286 e. The summed E-state index contributed by atoms with van der Waals surface area (Å²) in [7, 11) is -3.67. The molecule has 0 aliphatic heterocycles. The Balaban J connectivity index is -0.000000138. The molecular formula is C10H23O3S. The average molecular weight is 223 g/mol. The van der Waals surface area contributed by atoms with Crippen LogP contribution >= 0.6 is 0 Å². The highest BCUT2D eigenvalue weighted by Crippen LogP contribution is 1.95. The lowest BCUT2D eigenvalue weighted by Crippen LogP contribution is -1.88. The predicted molar refractivity (Wildman–Crippen MR) is 61.8 cm³/mol.